The van der Waals surface area contributed by atoms with Crippen molar-refractivity contribution in [3.63, 3.8) is 0 Å². The minimum Gasteiger partial charge on any atom is -0.479 e. The van der Waals surface area contributed by atoms with Crippen LogP contribution in [0.1, 0.15) is 11.6 Å². The molecule has 2 aromatic carbocycles. The van der Waals surface area contributed by atoms with E-state index in [1.807, 2.05) is 0 Å². The Morgan fingerprint density at radius 3 is 2.38 bits per heavy atom. The van der Waals surface area contributed by atoms with Crippen LogP contribution in [0.25, 0.3) is 0 Å². The van der Waals surface area contributed by atoms with Crippen LogP contribution in [0.4, 0.5) is 5.69 Å². The van der Waals surface area contributed by atoms with E-state index in [9.17, 15) is 24.8 Å². The number of nitro groups is 1. The van der Waals surface area contributed by atoms with E-state index in [1.54, 1.807) is 30.3 Å². The van der Waals surface area contributed by atoms with Gasteiger partial charge in [-0.3, -0.25) is 14.9 Å². The van der Waals surface area contributed by atoms with E-state index in [-0.39, 0.29) is 11.4 Å². The van der Waals surface area contributed by atoms with Crippen molar-refractivity contribution in [3.05, 3.63) is 70.3 Å². The SMILES string of the molecule is O=C(COc1ccccc1[N+](=O)[O-])NC(C(=O)O)c1ccccc1. The van der Waals surface area contributed by atoms with Gasteiger partial charge in [0.25, 0.3) is 5.91 Å². The molecule has 0 spiro atoms. The number of benzene rings is 2. The van der Waals surface area contributed by atoms with E-state index in [4.69, 9.17) is 4.74 Å². The highest BCUT2D eigenvalue weighted by Crippen LogP contribution is 2.25. The van der Waals surface area contributed by atoms with Gasteiger partial charge in [0.1, 0.15) is 0 Å². The number of amides is 1. The third kappa shape index (κ3) is 4.29. The molecule has 0 aromatic heterocycles. The molecule has 0 saturated heterocycles. The lowest BCUT2D eigenvalue weighted by atomic mass is 10.1. The van der Waals surface area contributed by atoms with E-state index in [0.29, 0.717) is 5.56 Å². The molecule has 0 aliphatic heterocycles. The lowest BCUT2D eigenvalue weighted by Crippen LogP contribution is -2.36. The van der Waals surface area contributed by atoms with Gasteiger partial charge in [0, 0.05) is 6.07 Å². The molecule has 0 aliphatic rings. The number of hydrogen-bond donors (Lipinski definition) is 2. The molecular formula is C16H14N2O6. The minimum atomic E-state index is -1.23. The van der Waals surface area contributed by atoms with Crippen LogP contribution in [0.15, 0.2) is 54.6 Å². The fourth-order valence-corrected chi connectivity index (χ4v) is 2.01. The Morgan fingerprint density at radius 2 is 1.75 bits per heavy atom. The summed E-state index contributed by atoms with van der Waals surface area (Å²) in [5, 5.41) is 22.4. The van der Waals surface area contributed by atoms with Gasteiger partial charge in [-0.2, -0.15) is 0 Å². The molecular weight excluding hydrogens is 316 g/mol. The molecule has 0 fully saturated rings. The zero-order valence-electron chi connectivity index (χ0n) is 12.4. The molecule has 8 heteroatoms. The molecule has 1 amide bonds. The maximum absolute atomic E-state index is 11.9. The zero-order valence-corrected chi connectivity index (χ0v) is 12.4. The Bertz CT molecular complexity index is 747. The lowest BCUT2D eigenvalue weighted by Gasteiger charge is -2.15. The van der Waals surface area contributed by atoms with Gasteiger partial charge in [0.2, 0.25) is 0 Å². The van der Waals surface area contributed by atoms with Crippen molar-refractivity contribution in [2.24, 2.45) is 0 Å². The Balaban J connectivity index is 2.02. The van der Waals surface area contributed by atoms with Crippen molar-refractivity contribution in [2.45, 2.75) is 6.04 Å². The number of carbonyl (C=O) groups excluding carboxylic acids is 1. The second-order valence-corrected chi connectivity index (χ2v) is 4.76. The van der Waals surface area contributed by atoms with Crippen LogP contribution in [-0.4, -0.2) is 28.5 Å². The molecule has 2 aromatic rings. The zero-order chi connectivity index (χ0) is 17.5. The fraction of sp³-hybridized carbons (Fsp3) is 0.125. The van der Waals surface area contributed by atoms with Crippen molar-refractivity contribution in [1.29, 1.82) is 0 Å². The van der Waals surface area contributed by atoms with Gasteiger partial charge in [-0.25, -0.2) is 4.79 Å². The summed E-state index contributed by atoms with van der Waals surface area (Å²) in [5.74, 6) is -1.99. The van der Waals surface area contributed by atoms with Crippen molar-refractivity contribution in [1.82, 2.24) is 5.32 Å². The second kappa shape index (κ2) is 7.73. The Kier molecular flexibility index (Phi) is 5.45. The molecule has 0 bridgehead atoms. The summed E-state index contributed by atoms with van der Waals surface area (Å²) in [7, 11) is 0. The number of hydrogen-bond acceptors (Lipinski definition) is 5. The number of carboxylic acids is 1. The lowest BCUT2D eigenvalue weighted by molar-refractivity contribution is -0.385. The van der Waals surface area contributed by atoms with Gasteiger partial charge < -0.3 is 15.2 Å². The molecule has 2 N–H and O–H groups in total. The normalized spacial score (nSPS) is 11.3. The second-order valence-electron chi connectivity index (χ2n) is 4.76. The summed E-state index contributed by atoms with van der Waals surface area (Å²) in [4.78, 5) is 33.5. The van der Waals surface area contributed by atoms with Crippen molar-refractivity contribution in [2.75, 3.05) is 6.61 Å². The monoisotopic (exact) mass is 330 g/mol. The van der Waals surface area contributed by atoms with E-state index in [0.717, 1.165) is 0 Å². The number of nitrogens with one attached hydrogen (secondary N) is 1. The molecule has 24 heavy (non-hydrogen) atoms. The predicted octanol–water partition coefficient (Wildman–Crippen LogP) is 1.92. The van der Waals surface area contributed by atoms with E-state index < -0.39 is 29.4 Å². The highest BCUT2D eigenvalue weighted by atomic mass is 16.6. The van der Waals surface area contributed by atoms with Crippen LogP contribution in [-0.2, 0) is 9.59 Å². The van der Waals surface area contributed by atoms with Gasteiger partial charge in [-0.15, -0.1) is 0 Å². The molecule has 0 heterocycles. The Hall–Kier alpha value is -3.42. The largest absolute Gasteiger partial charge is 0.479 e. The quantitative estimate of drug-likeness (QED) is 0.591. The van der Waals surface area contributed by atoms with Gasteiger partial charge in [0.05, 0.1) is 4.92 Å². The van der Waals surface area contributed by atoms with E-state index in [2.05, 4.69) is 5.32 Å². The van der Waals surface area contributed by atoms with Gasteiger partial charge in [-0.05, 0) is 11.6 Å². The molecule has 1 unspecified atom stereocenters. The van der Waals surface area contributed by atoms with Gasteiger partial charge in [-0.1, -0.05) is 42.5 Å². The molecule has 8 nitrogen and oxygen atoms in total. The summed E-state index contributed by atoms with van der Waals surface area (Å²) in [6.45, 7) is -0.540. The first kappa shape index (κ1) is 16.9. The molecule has 2 rings (SSSR count). The van der Waals surface area contributed by atoms with Crippen LogP contribution in [0, 0.1) is 10.1 Å². The average molecular weight is 330 g/mol. The number of para-hydroxylation sites is 2. The smallest absolute Gasteiger partial charge is 0.330 e. The number of rotatable bonds is 7. The molecule has 124 valence electrons. The van der Waals surface area contributed by atoms with Crippen LogP contribution < -0.4 is 10.1 Å². The Morgan fingerprint density at radius 1 is 1.12 bits per heavy atom. The fourth-order valence-electron chi connectivity index (χ4n) is 2.01. The highest BCUT2D eigenvalue weighted by Gasteiger charge is 2.22. The summed E-state index contributed by atoms with van der Waals surface area (Å²) >= 11 is 0. The van der Waals surface area contributed by atoms with E-state index in [1.165, 1.54) is 24.3 Å². The minimum absolute atomic E-state index is 0.0655. The number of carboxylic acid groups (broad SMARTS) is 1. The topological polar surface area (TPSA) is 119 Å². The van der Waals surface area contributed by atoms with Crippen molar-refractivity contribution >= 4 is 17.6 Å². The van der Waals surface area contributed by atoms with Gasteiger partial charge in [0.15, 0.2) is 18.4 Å². The van der Waals surface area contributed by atoms with E-state index >= 15 is 0 Å². The maximum atomic E-state index is 11.9. The molecule has 0 saturated carbocycles. The number of carbonyl (C=O) groups is 2. The van der Waals surface area contributed by atoms with Crippen LogP contribution in [0.2, 0.25) is 0 Å². The molecule has 0 aliphatic carbocycles. The summed E-state index contributed by atoms with van der Waals surface area (Å²) in [5.41, 5.74) is 0.132. The first-order valence-corrected chi connectivity index (χ1v) is 6.92. The van der Waals surface area contributed by atoms with Crippen LogP contribution in [0.5, 0.6) is 5.75 Å². The number of aliphatic carboxylic acids is 1. The number of nitrogens with zero attached hydrogens (tertiary/aromatic N) is 1. The summed E-state index contributed by atoms with van der Waals surface area (Å²) < 4.78 is 5.13. The average Bonchev–Trinajstić information content (AvgIpc) is 2.58. The molecule has 0 radical (unpaired) electrons. The number of ether oxygens (including phenoxy) is 1. The van der Waals surface area contributed by atoms with Crippen molar-refractivity contribution in [3.8, 4) is 5.75 Å². The molecule has 1 atom stereocenters. The summed E-state index contributed by atoms with van der Waals surface area (Å²) in [6, 6.07) is 12.6. The Labute approximate surface area is 136 Å². The first-order chi connectivity index (χ1) is 11.5. The third-order valence-electron chi connectivity index (χ3n) is 3.11. The van der Waals surface area contributed by atoms with Crippen LogP contribution in [0.3, 0.4) is 0 Å². The highest BCUT2D eigenvalue weighted by molar-refractivity contribution is 5.85. The predicted molar refractivity (Wildman–Crippen MR) is 83.6 cm³/mol. The van der Waals surface area contributed by atoms with Crippen LogP contribution >= 0.6 is 0 Å². The van der Waals surface area contributed by atoms with Crippen molar-refractivity contribution < 1.29 is 24.4 Å². The summed E-state index contributed by atoms with van der Waals surface area (Å²) in [6.07, 6.45) is 0. The van der Waals surface area contributed by atoms with Gasteiger partial charge >= 0.3 is 11.7 Å². The maximum Gasteiger partial charge on any atom is 0.330 e. The number of nitro benzene ring substituents is 1. The first-order valence-electron chi connectivity index (χ1n) is 6.92. The standard InChI is InChI=1S/C16H14N2O6/c19-14(10-24-13-9-5-4-8-12(13)18(22)23)17-15(16(20)21)11-6-2-1-3-7-11/h1-9,15H,10H2,(H,17,19)(H,20,21). The third-order valence-corrected chi connectivity index (χ3v) is 3.11.